The summed E-state index contributed by atoms with van der Waals surface area (Å²) in [6, 6.07) is 9.19. The van der Waals surface area contributed by atoms with Crippen LogP contribution >= 0.6 is 0 Å². The fraction of sp³-hybridized carbons (Fsp3) is 0.300. The fourth-order valence-electron chi connectivity index (χ4n) is 3.62. The second-order valence-electron chi connectivity index (χ2n) is 7.28. The number of oxazole rings is 1. The Morgan fingerprint density at radius 2 is 1.74 bits per heavy atom. The number of carbonyl (C=O) groups is 1. The predicted octanol–water partition coefficient (Wildman–Crippen LogP) is 2.56. The van der Waals surface area contributed by atoms with Crippen molar-refractivity contribution in [3.63, 3.8) is 0 Å². The molecular formula is C20H19N3O7S. The third-order valence-electron chi connectivity index (χ3n) is 5.29. The van der Waals surface area contributed by atoms with Crippen LogP contribution in [0.25, 0.3) is 11.1 Å². The van der Waals surface area contributed by atoms with E-state index in [2.05, 4.69) is 0 Å². The van der Waals surface area contributed by atoms with Gasteiger partial charge in [-0.15, -0.1) is 0 Å². The number of hydrogen-bond acceptors (Lipinski definition) is 7. The molecule has 1 saturated heterocycles. The van der Waals surface area contributed by atoms with Gasteiger partial charge in [0.25, 0.3) is 5.69 Å². The molecule has 2 heterocycles. The molecule has 0 saturated carbocycles. The Kier molecular flexibility index (Phi) is 5.46. The van der Waals surface area contributed by atoms with E-state index < -0.39 is 26.5 Å². The molecule has 2 aromatic carbocycles. The van der Waals surface area contributed by atoms with Gasteiger partial charge in [-0.25, -0.2) is 13.2 Å². The Hall–Kier alpha value is -3.31. The Morgan fingerprint density at radius 1 is 1.06 bits per heavy atom. The van der Waals surface area contributed by atoms with Gasteiger partial charge in [-0.2, -0.15) is 4.31 Å². The van der Waals surface area contributed by atoms with Gasteiger partial charge >= 0.3 is 5.76 Å². The molecule has 4 rings (SSSR count). The Bertz CT molecular complexity index is 1320. The first kappa shape index (κ1) is 20.9. The van der Waals surface area contributed by atoms with Gasteiger partial charge in [0, 0.05) is 36.9 Å². The van der Waals surface area contributed by atoms with Crippen molar-refractivity contribution < 1.29 is 22.6 Å². The second-order valence-corrected chi connectivity index (χ2v) is 9.21. The van der Waals surface area contributed by atoms with Crippen LogP contribution in [0.2, 0.25) is 0 Å². The maximum Gasteiger partial charge on any atom is 0.420 e. The molecule has 0 atom stereocenters. The number of ketones is 1. The van der Waals surface area contributed by atoms with Crippen molar-refractivity contribution in [2.24, 2.45) is 0 Å². The van der Waals surface area contributed by atoms with Crippen molar-refractivity contribution in [1.29, 1.82) is 0 Å². The van der Waals surface area contributed by atoms with Crippen molar-refractivity contribution in [1.82, 2.24) is 8.87 Å². The molecule has 11 heteroatoms. The van der Waals surface area contributed by atoms with Gasteiger partial charge in [0.15, 0.2) is 11.4 Å². The summed E-state index contributed by atoms with van der Waals surface area (Å²) in [7, 11) is -3.69. The van der Waals surface area contributed by atoms with E-state index in [1.165, 1.54) is 46.8 Å². The van der Waals surface area contributed by atoms with Gasteiger partial charge in [0.2, 0.25) is 10.0 Å². The molecule has 1 aliphatic heterocycles. The van der Waals surface area contributed by atoms with E-state index >= 15 is 0 Å². The van der Waals surface area contributed by atoms with Crippen LogP contribution in [0, 0.1) is 10.1 Å². The van der Waals surface area contributed by atoms with Gasteiger partial charge in [0.1, 0.15) is 0 Å². The van der Waals surface area contributed by atoms with E-state index in [1.54, 1.807) is 0 Å². The summed E-state index contributed by atoms with van der Waals surface area (Å²) >= 11 is 0. The number of rotatable bonds is 6. The van der Waals surface area contributed by atoms with Crippen molar-refractivity contribution >= 4 is 32.6 Å². The van der Waals surface area contributed by atoms with Crippen molar-refractivity contribution in [2.45, 2.75) is 30.7 Å². The highest BCUT2D eigenvalue weighted by Crippen LogP contribution is 2.24. The monoisotopic (exact) mass is 445 g/mol. The standard InChI is InChI=1S/C20H19N3O7S/c24-18(14-4-6-15(7-5-14)23(26)27)13-22-17-9-8-16(12-19(17)30-20(22)25)31(28,29)21-10-2-1-3-11-21/h4-9,12H,1-3,10-11,13H2. The van der Waals surface area contributed by atoms with Gasteiger partial charge in [-0.3, -0.25) is 19.5 Å². The zero-order chi connectivity index (χ0) is 22.2. The summed E-state index contributed by atoms with van der Waals surface area (Å²) in [5, 5.41) is 10.7. The lowest BCUT2D eigenvalue weighted by Gasteiger charge is -2.25. The molecule has 1 aromatic heterocycles. The van der Waals surface area contributed by atoms with Crippen LogP contribution < -0.4 is 5.76 Å². The molecule has 0 amide bonds. The lowest BCUT2D eigenvalue weighted by atomic mass is 10.1. The van der Waals surface area contributed by atoms with E-state index in [4.69, 9.17) is 4.42 Å². The lowest BCUT2D eigenvalue weighted by Crippen LogP contribution is -2.35. The Morgan fingerprint density at radius 3 is 2.39 bits per heavy atom. The minimum absolute atomic E-state index is 0.0319. The molecule has 10 nitrogen and oxygen atoms in total. The molecule has 31 heavy (non-hydrogen) atoms. The number of hydrogen-bond donors (Lipinski definition) is 0. The van der Waals surface area contributed by atoms with E-state index in [1.807, 2.05) is 0 Å². The molecular weight excluding hydrogens is 426 g/mol. The normalized spacial score (nSPS) is 15.2. The molecule has 0 spiro atoms. The average Bonchev–Trinajstić information content (AvgIpc) is 3.08. The number of Topliss-reactive ketones (excluding diaryl/α,β-unsaturated/α-hetero) is 1. The average molecular weight is 445 g/mol. The van der Waals surface area contributed by atoms with Gasteiger partial charge in [-0.1, -0.05) is 6.42 Å². The molecule has 0 bridgehead atoms. The zero-order valence-electron chi connectivity index (χ0n) is 16.4. The molecule has 0 aliphatic carbocycles. The molecule has 0 radical (unpaired) electrons. The predicted molar refractivity (Wildman–Crippen MR) is 111 cm³/mol. The van der Waals surface area contributed by atoms with Crippen LogP contribution in [0.4, 0.5) is 5.69 Å². The number of fused-ring (bicyclic) bond motifs is 1. The minimum atomic E-state index is -3.69. The Balaban J connectivity index is 1.62. The third kappa shape index (κ3) is 4.01. The summed E-state index contributed by atoms with van der Waals surface area (Å²) < 4.78 is 33.4. The van der Waals surface area contributed by atoms with E-state index in [-0.39, 0.29) is 33.8 Å². The first-order valence-corrected chi connectivity index (χ1v) is 11.1. The van der Waals surface area contributed by atoms with Crippen molar-refractivity contribution in [3.05, 3.63) is 68.7 Å². The number of aromatic nitrogens is 1. The van der Waals surface area contributed by atoms with E-state index in [0.29, 0.717) is 13.1 Å². The van der Waals surface area contributed by atoms with Gasteiger partial charge < -0.3 is 4.42 Å². The van der Waals surface area contributed by atoms with Crippen LogP contribution in [-0.4, -0.2) is 41.1 Å². The quantitative estimate of drug-likeness (QED) is 0.323. The molecule has 0 N–H and O–H groups in total. The summed E-state index contributed by atoms with van der Waals surface area (Å²) in [5.74, 6) is -1.23. The fourth-order valence-corrected chi connectivity index (χ4v) is 5.15. The Labute approximate surface area is 176 Å². The zero-order valence-corrected chi connectivity index (χ0v) is 17.2. The van der Waals surface area contributed by atoms with Gasteiger partial charge in [0.05, 0.1) is 21.9 Å². The van der Waals surface area contributed by atoms with E-state index in [0.717, 1.165) is 23.8 Å². The number of benzene rings is 2. The largest absolute Gasteiger partial charge is 0.420 e. The highest BCUT2D eigenvalue weighted by Gasteiger charge is 2.27. The van der Waals surface area contributed by atoms with E-state index in [9.17, 15) is 28.1 Å². The minimum Gasteiger partial charge on any atom is -0.408 e. The number of sulfonamides is 1. The summed E-state index contributed by atoms with van der Waals surface area (Å²) in [6.45, 7) is 0.562. The molecule has 1 fully saturated rings. The molecule has 3 aromatic rings. The number of carbonyl (C=O) groups excluding carboxylic acids is 1. The molecule has 162 valence electrons. The molecule has 1 aliphatic rings. The summed E-state index contributed by atoms with van der Waals surface area (Å²) in [4.78, 5) is 35.1. The first-order chi connectivity index (χ1) is 14.8. The summed E-state index contributed by atoms with van der Waals surface area (Å²) in [5.41, 5.74) is 0.415. The number of nitro benzene ring substituents is 1. The smallest absolute Gasteiger partial charge is 0.408 e. The topological polar surface area (TPSA) is 133 Å². The SMILES string of the molecule is O=C(Cn1c(=O)oc2cc(S(=O)(=O)N3CCCCC3)ccc21)c1ccc([N+](=O)[O-])cc1. The number of nitrogens with zero attached hydrogens (tertiary/aromatic N) is 3. The first-order valence-electron chi connectivity index (χ1n) is 9.68. The second kappa shape index (κ2) is 8.08. The number of piperidine rings is 1. The maximum atomic E-state index is 12.9. The number of nitro groups is 1. The maximum absolute atomic E-state index is 12.9. The number of non-ortho nitro benzene ring substituents is 1. The van der Waals surface area contributed by atoms with Crippen LogP contribution in [-0.2, 0) is 16.6 Å². The molecule has 0 unspecified atom stereocenters. The summed E-state index contributed by atoms with van der Waals surface area (Å²) in [6.07, 6.45) is 2.60. The highest BCUT2D eigenvalue weighted by atomic mass is 32.2. The highest BCUT2D eigenvalue weighted by molar-refractivity contribution is 7.89. The van der Waals surface area contributed by atoms with Crippen LogP contribution in [0.3, 0.4) is 0 Å². The third-order valence-corrected chi connectivity index (χ3v) is 7.19. The van der Waals surface area contributed by atoms with Crippen LogP contribution in [0.15, 0.2) is 56.6 Å². The van der Waals surface area contributed by atoms with Crippen molar-refractivity contribution in [2.75, 3.05) is 13.1 Å². The van der Waals surface area contributed by atoms with Crippen LogP contribution in [0.1, 0.15) is 29.6 Å². The van der Waals surface area contributed by atoms with Crippen molar-refractivity contribution in [3.8, 4) is 0 Å². The van der Waals surface area contributed by atoms with Crippen LogP contribution in [0.5, 0.6) is 0 Å². The lowest BCUT2D eigenvalue weighted by molar-refractivity contribution is -0.384. The van der Waals surface area contributed by atoms with Gasteiger partial charge in [-0.05, 0) is 37.1 Å².